The summed E-state index contributed by atoms with van der Waals surface area (Å²) in [6, 6.07) is 2.22. The maximum absolute atomic E-state index is 8.64. The summed E-state index contributed by atoms with van der Waals surface area (Å²) in [4.78, 5) is 0. The highest BCUT2D eigenvalue weighted by atomic mass is 32.2. The van der Waals surface area contributed by atoms with E-state index in [9.17, 15) is 0 Å². The third kappa shape index (κ3) is 4.39. The molecule has 0 saturated carbocycles. The van der Waals surface area contributed by atoms with Crippen LogP contribution in [-0.4, -0.2) is 16.1 Å². The molecular weight excluding hydrogens is 174 g/mol. The normalized spacial score (nSPS) is 15.1. The van der Waals surface area contributed by atoms with Crippen molar-refractivity contribution in [3.8, 4) is 6.07 Å². The van der Waals surface area contributed by atoms with Gasteiger partial charge in [0.05, 0.1) is 6.07 Å². The summed E-state index contributed by atoms with van der Waals surface area (Å²) in [7, 11) is 0. The minimum atomic E-state index is 0.0432. The van der Waals surface area contributed by atoms with Gasteiger partial charge in [-0.15, -0.1) is 23.5 Å². The molecule has 0 amide bonds. The van der Waals surface area contributed by atoms with Crippen LogP contribution in [0.4, 0.5) is 0 Å². The third-order valence-electron chi connectivity index (χ3n) is 1.34. The van der Waals surface area contributed by atoms with Gasteiger partial charge < -0.3 is 0 Å². The van der Waals surface area contributed by atoms with Crippen molar-refractivity contribution < 1.29 is 0 Å². The van der Waals surface area contributed by atoms with Crippen LogP contribution in [0.2, 0.25) is 0 Å². The Morgan fingerprint density at radius 1 is 1.64 bits per heavy atom. The van der Waals surface area contributed by atoms with E-state index in [1.807, 2.05) is 13.2 Å². The molecule has 0 aliphatic carbocycles. The number of nitriles is 1. The molecule has 0 aromatic heterocycles. The van der Waals surface area contributed by atoms with Crippen LogP contribution in [0.1, 0.15) is 13.8 Å². The Morgan fingerprint density at radius 3 is 2.45 bits per heavy atom. The first kappa shape index (κ1) is 10.9. The maximum Gasteiger partial charge on any atom is 0.137 e. The fraction of sp³-hybridized carbons (Fsp3) is 0.625. The summed E-state index contributed by atoms with van der Waals surface area (Å²) >= 11 is 3.23. The molecule has 0 heterocycles. The van der Waals surface area contributed by atoms with Crippen molar-refractivity contribution in [3.05, 3.63) is 12.2 Å². The maximum atomic E-state index is 8.64. The van der Waals surface area contributed by atoms with Crippen molar-refractivity contribution in [3.63, 3.8) is 0 Å². The minimum absolute atomic E-state index is 0.0432. The van der Waals surface area contributed by atoms with Gasteiger partial charge in [-0.05, 0) is 20.1 Å². The number of thioether (sulfide) groups is 2. The van der Waals surface area contributed by atoms with Gasteiger partial charge in [0.2, 0.25) is 0 Å². The van der Waals surface area contributed by atoms with Crippen molar-refractivity contribution in [1.82, 2.24) is 0 Å². The fourth-order valence-electron chi connectivity index (χ4n) is 0.440. The highest BCUT2D eigenvalue weighted by Gasteiger charge is 2.11. The van der Waals surface area contributed by atoms with E-state index in [0.717, 1.165) is 5.57 Å². The zero-order chi connectivity index (χ0) is 8.85. The average molecular weight is 187 g/mol. The van der Waals surface area contributed by atoms with Crippen LogP contribution in [0.5, 0.6) is 0 Å². The second kappa shape index (κ2) is 5.56. The SMILES string of the molecule is C=C(C)C(C)SC(C#N)SC. The predicted molar refractivity (Wildman–Crippen MR) is 54.8 cm³/mol. The summed E-state index contributed by atoms with van der Waals surface area (Å²) < 4.78 is 0.0432. The standard InChI is InChI=1S/C8H13NS2/c1-6(2)7(3)11-8(5-9)10-4/h7-8H,1H2,2-4H3. The molecule has 2 atom stereocenters. The van der Waals surface area contributed by atoms with Gasteiger partial charge in [0.25, 0.3) is 0 Å². The van der Waals surface area contributed by atoms with Crippen LogP contribution in [0.25, 0.3) is 0 Å². The van der Waals surface area contributed by atoms with Crippen molar-refractivity contribution in [2.24, 2.45) is 0 Å². The number of nitrogens with zero attached hydrogens (tertiary/aromatic N) is 1. The van der Waals surface area contributed by atoms with Crippen LogP contribution < -0.4 is 0 Å². The lowest BCUT2D eigenvalue weighted by atomic mass is 10.3. The van der Waals surface area contributed by atoms with Crippen molar-refractivity contribution in [1.29, 1.82) is 5.26 Å². The van der Waals surface area contributed by atoms with E-state index < -0.39 is 0 Å². The van der Waals surface area contributed by atoms with E-state index in [0.29, 0.717) is 5.25 Å². The van der Waals surface area contributed by atoms with Crippen LogP contribution in [0.15, 0.2) is 12.2 Å². The largest absolute Gasteiger partial charge is 0.196 e. The molecule has 0 aromatic rings. The van der Waals surface area contributed by atoms with E-state index in [1.165, 1.54) is 0 Å². The first-order chi connectivity index (χ1) is 5.11. The summed E-state index contributed by atoms with van der Waals surface area (Å²) in [5, 5.41) is 9.02. The lowest BCUT2D eigenvalue weighted by molar-refractivity contribution is 1.13. The van der Waals surface area contributed by atoms with Gasteiger partial charge in [0.1, 0.15) is 4.58 Å². The Hall–Kier alpha value is -0.0700. The van der Waals surface area contributed by atoms with E-state index in [-0.39, 0.29) is 4.58 Å². The number of rotatable bonds is 4. The summed E-state index contributed by atoms with van der Waals surface area (Å²) in [5.74, 6) is 0. The molecule has 11 heavy (non-hydrogen) atoms. The summed E-state index contributed by atoms with van der Waals surface area (Å²) in [5.41, 5.74) is 1.13. The Labute approximate surface area is 77.2 Å². The van der Waals surface area contributed by atoms with Gasteiger partial charge in [-0.1, -0.05) is 12.2 Å². The molecule has 0 saturated heterocycles. The molecule has 0 bridgehead atoms. The highest BCUT2D eigenvalue weighted by Crippen LogP contribution is 2.27. The molecule has 0 rings (SSSR count). The Morgan fingerprint density at radius 2 is 2.18 bits per heavy atom. The van der Waals surface area contributed by atoms with Crippen molar-refractivity contribution in [2.75, 3.05) is 6.26 Å². The van der Waals surface area contributed by atoms with Crippen LogP contribution >= 0.6 is 23.5 Å². The molecule has 2 unspecified atom stereocenters. The van der Waals surface area contributed by atoms with Gasteiger partial charge in [-0.3, -0.25) is 0 Å². The second-order valence-electron chi connectivity index (χ2n) is 2.32. The zero-order valence-corrected chi connectivity index (χ0v) is 8.76. The lowest BCUT2D eigenvalue weighted by Gasteiger charge is -2.12. The first-order valence-electron chi connectivity index (χ1n) is 3.35. The van der Waals surface area contributed by atoms with E-state index in [2.05, 4.69) is 19.6 Å². The quantitative estimate of drug-likeness (QED) is 0.499. The molecule has 0 radical (unpaired) electrons. The number of hydrogen-bond donors (Lipinski definition) is 0. The molecule has 1 nitrogen and oxygen atoms in total. The predicted octanol–water partition coefficient (Wildman–Crippen LogP) is 2.90. The molecular formula is C8H13NS2. The molecule has 0 fully saturated rings. The van der Waals surface area contributed by atoms with Gasteiger partial charge >= 0.3 is 0 Å². The third-order valence-corrected chi connectivity index (χ3v) is 3.95. The summed E-state index contributed by atoms with van der Waals surface area (Å²) in [6.07, 6.45) is 1.95. The Kier molecular flexibility index (Phi) is 5.53. The van der Waals surface area contributed by atoms with Crippen molar-refractivity contribution >= 4 is 23.5 Å². The highest BCUT2D eigenvalue weighted by molar-refractivity contribution is 8.17. The second-order valence-corrected chi connectivity index (χ2v) is 5.01. The van der Waals surface area contributed by atoms with Crippen LogP contribution in [-0.2, 0) is 0 Å². The van der Waals surface area contributed by atoms with Crippen LogP contribution in [0, 0.1) is 11.3 Å². The van der Waals surface area contributed by atoms with E-state index >= 15 is 0 Å². The van der Waals surface area contributed by atoms with Crippen molar-refractivity contribution in [2.45, 2.75) is 23.7 Å². The average Bonchev–Trinajstić information content (AvgIpc) is 1.99. The van der Waals surface area contributed by atoms with Gasteiger partial charge in [0, 0.05) is 5.25 Å². The first-order valence-corrected chi connectivity index (χ1v) is 5.58. The molecule has 0 aromatic carbocycles. The lowest BCUT2D eigenvalue weighted by Crippen LogP contribution is -2.03. The molecule has 62 valence electrons. The van der Waals surface area contributed by atoms with Gasteiger partial charge in [-0.2, -0.15) is 5.26 Å². The molecule has 0 aliphatic rings. The van der Waals surface area contributed by atoms with Crippen LogP contribution in [0.3, 0.4) is 0 Å². The Balaban J connectivity index is 3.83. The topological polar surface area (TPSA) is 23.8 Å². The molecule has 0 aliphatic heterocycles. The minimum Gasteiger partial charge on any atom is -0.196 e. The molecule has 3 heteroatoms. The zero-order valence-electron chi connectivity index (χ0n) is 7.13. The smallest absolute Gasteiger partial charge is 0.137 e. The molecule has 0 N–H and O–H groups in total. The van der Waals surface area contributed by atoms with Gasteiger partial charge in [0.15, 0.2) is 0 Å². The van der Waals surface area contributed by atoms with E-state index in [4.69, 9.17) is 5.26 Å². The number of hydrogen-bond acceptors (Lipinski definition) is 3. The monoisotopic (exact) mass is 187 g/mol. The fourth-order valence-corrected chi connectivity index (χ4v) is 2.15. The summed E-state index contributed by atoms with van der Waals surface area (Å²) in [6.45, 7) is 7.91. The molecule has 0 spiro atoms. The van der Waals surface area contributed by atoms with Gasteiger partial charge in [-0.25, -0.2) is 0 Å². The van der Waals surface area contributed by atoms with E-state index in [1.54, 1.807) is 23.5 Å². The Bertz CT molecular complexity index is 171.